The highest BCUT2D eigenvalue weighted by Gasteiger charge is 2.15. The van der Waals surface area contributed by atoms with Crippen LogP contribution in [-0.4, -0.2) is 22.3 Å². The number of hydrazone groups is 1. The predicted molar refractivity (Wildman–Crippen MR) is 68.9 cm³/mol. The van der Waals surface area contributed by atoms with E-state index >= 15 is 0 Å². The quantitative estimate of drug-likeness (QED) is 0.459. The molecule has 0 bridgehead atoms. The van der Waals surface area contributed by atoms with Crippen molar-refractivity contribution in [2.75, 3.05) is 11.5 Å². The summed E-state index contributed by atoms with van der Waals surface area (Å²) in [6, 6.07) is 9.35. The summed E-state index contributed by atoms with van der Waals surface area (Å²) >= 11 is 0. The molecule has 0 aliphatic rings. The van der Waals surface area contributed by atoms with Crippen LogP contribution in [-0.2, 0) is 0 Å². The van der Waals surface area contributed by atoms with Gasteiger partial charge in [0.2, 0.25) is 0 Å². The topological polar surface area (TPSA) is 122 Å². The van der Waals surface area contributed by atoms with Gasteiger partial charge in [-0.2, -0.15) is 10.2 Å². The van der Waals surface area contributed by atoms with Gasteiger partial charge in [-0.25, -0.2) is 5.43 Å². The molecular formula is C11H12N6O. The van der Waals surface area contributed by atoms with Crippen molar-refractivity contribution < 1.29 is 4.79 Å². The van der Waals surface area contributed by atoms with Crippen LogP contribution in [0.15, 0.2) is 35.4 Å². The summed E-state index contributed by atoms with van der Waals surface area (Å²) in [6.07, 6.45) is 1.52. The molecule has 1 aromatic heterocycles. The first-order chi connectivity index (χ1) is 8.68. The van der Waals surface area contributed by atoms with Gasteiger partial charge in [-0.1, -0.05) is 30.3 Å². The second-order valence-corrected chi connectivity index (χ2v) is 3.51. The summed E-state index contributed by atoms with van der Waals surface area (Å²) in [5.74, 6) is -0.356. The second-order valence-electron chi connectivity index (χ2n) is 3.51. The van der Waals surface area contributed by atoms with Gasteiger partial charge in [0.25, 0.3) is 5.91 Å². The molecule has 1 aromatic carbocycles. The molecule has 1 heterocycles. The van der Waals surface area contributed by atoms with Crippen LogP contribution < -0.4 is 16.9 Å². The van der Waals surface area contributed by atoms with Crippen molar-refractivity contribution in [3.8, 4) is 0 Å². The highest BCUT2D eigenvalue weighted by atomic mass is 16.2. The van der Waals surface area contributed by atoms with Gasteiger partial charge in [0.1, 0.15) is 11.4 Å². The molecule has 0 spiro atoms. The van der Waals surface area contributed by atoms with Crippen LogP contribution in [0.5, 0.6) is 0 Å². The maximum atomic E-state index is 11.7. The number of anilines is 2. The van der Waals surface area contributed by atoms with Crippen LogP contribution in [0.1, 0.15) is 15.9 Å². The Kier molecular flexibility index (Phi) is 3.24. The van der Waals surface area contributed by atoms with Gasteiger partial charge < -0.3 is 11.5 Å². The van der Waals surface area contributed by atoms with Crippen molar-refractivity contribution in [2.45, 2.75) is 0 Å². The molecule has 18 heavy (non-hydrogen) atoms. The zero-order chi connectivity index (χ0) is 13.0. The number of hydrogen-bond acceptors (Lipinski definition) is 5. The Balaban J connectivity index is 2.03. The number of nitrogens with one attached hydrogen (secondary N) is 2. The summed E-state index contributed by atoms with van der Waals surface area (Å²) < 4.78 is 0. The summed E-state index contributed by atoms with van der Waals surface area (Å²) in [6.45, 7) is 0. The van der Waals surface area contributed by atoms with E-state index in [1.54, 1.807) is 0 Å². The number of carbonyl (C=O) groups is 1. The molecule has 2 aromatic rings. The van der Waals surface area contributed by atoms with E-state index in [1.165, 1.54) is 6.21 Å². The highest BCUT2D eigenvalue weighted by Crippen LogP contribution is 2.14. The van der Waals surface area contributed by atoms with E-state index in [9.17, 15) is 4.79 Å². The van der Waals surface area contributed by atoms with E-state index in [0.29, 0.717) is 0 Å². The van der Waals surface area contributed by atoms with Gasteiger partial charge in [0, 0.05) is 0 Å². The average Bonchev–Trinajstić information content (AvgIpc) is 2.70. The number of benzene rings is 1. The number of amides is 1. The molecule has 6 N–H and O–H groups in total. The van der Waals surface area contributed by atoms with Crippen molar-refractivity contribution in [1.82, 2.24) is 15.6 Å². The molecule has 0 aliphatic heterocycles. The fourth-order valence-electron chi connectivity index (χ4n) is 1.37. The lowest BCUT2D eigenvalue weighted by molar-refractivity contribution is 0.0957. The minimum absolute atomic E-state index is 0.0416. The molecule has 1 amide bonds. The Morgan fingerprint density at radius 2 is 2.06 bits per heavy atom. The van der Waals surface area contributed by atoms with Crippen molar-refractivity contribution in [2.24, 2.45) is 5.10 Å². The Morgan fingerprint density at radius 3 is 2.67 bits per heavy atom. The number of hydrogen-bond donors (Lipinski definition) is 4. The first-order valence-corrected chi connectivity index (χ1v) is 5.16. The Bertz CT molecular complexity index is 555. The molecule has 7 heteroatoms. The third-order valence-corrected chi connectivity index (χ3v) is 2.23. The maximum Gasteiger partial charge on any atom is 0.278 e. The van der Waals surface area contributed by atoms with E-state index in [0.717, 1.165) is 5.56 Å². The molecule has 92 valence electrons. The lowest BCUT2D eigenvalue weighted by Gasteiger charge is -1.98. The fraction of sp³-hybridized carbons (Fsp3) is 0. The molecule has 7 nitrogen and oxygen atoms in total. The highest BCUT2D eigenvalue weighted by molar-refractivity contribution is 6.02. The average molecular weight is 244 g/mol. The summed E-state index contributed by atoms with van der Waals surface area (Å²) in [5.41, 5.74) is 14.3. The van der Waals surface area contributed by atoms with Gasteiger partial charge in [-0.15, -0.1) is 0 Å². The number of nitrogens with zero attached hydrogens (tertiary/aromatic N) is 2. The largest absolute Gasteiger partial charge is 0.383 e. The minimum Gasteiger partial charge on any atom is -0.383 e. The SMILES string of the molecule is Nc1n[nH]c(N)c1C(=O)NN=Cc1ccccc1. The minimum atomic E-state index is -0.508. The smallest absolute Gasteiger partial charge is 0.278 e. The third-order valence-electron chi connectivity index (χ3n) is 2.23. The lowest BCUT2D eigenvalue weighted by Crippen LogP contribution is -2.19. The van der Waals surface area contributed by atoms with Crippen molar-refractivity contribution in [1.29, 1.82) is 0 Å². The van der Waals surface area contributed by atoms with Crippen molar-refractivity contribution >= 4 is 23.8 Å². The standard InChI is InChI=1S/C11H12N6O/c12-9-8(10(13)16-15-9)11(18)17-14-6-7-4-2-1-3-5-7/h1-6H,(H,17,18)(H5,12,13,15,16). The van der Waals surface area contributed by atoms with Gasteiger partial charge in [0.15, 0.2) is 5.82 Å². The number of nitrogen functional groups attached to an aromatic ring is 2. The number of aromatic nitrogens is 2. The molecule has 0 radical (unpaired) electrons. The second kappa shape index (κ2) is 5.00. The van der Waals surface area contributed by atoms with Crippen LogP contribution in [0, 0.1) is 0 Å². The molecular weight excluding hydrogens is 232 g/mol. The first kappa shape index (κ1) is 11.6. The molecule has 0 saturated carbocycles. The zero-order valence-corrected chi connectivity index (χ0v) is 9.42. The first-order valence-electron chi connectivity index (χ1n) is 5.16. The number of aromatic amines is 1. The molecule has 0 unspecified atom stereocenters. The maximum absolute atomic E-state index is 11.7. The Morgan fingerprint density at radius 1 is 1.33 bits per heavy atom. The van der Waals surface area contributed by atoms with E-state index < -0.39 is 5.91 Å². The monoisotopic (exact) mass is 244 g/mol. The van der Waals surface area contributed by atoms with Crippen LogP contribution in [0.3, 0.4) is 0 Å². The van der Waals surface area contributed by atoms with E-state index in [2.05, 4.69) is 20.7 Å². The van der Waals surface area contributed by atoms with Crippen molar-refractivity contribution in [3.63, 3.8) is 0 Å². The number of carbonyl (C=O) groups excluding carboxylic acids is 1. The van der Waals surface area contributed by atoms with Crippen molar-refractivity contribution in [3.05, 3.63) is 41.5 Å². The van der Waals surface area contributed by atoms with E-state index in [-0.39, 0.29) is 17.2 Å². The fourth-order valence-corrected chi connectivity index (χ4v) is 1.37. The normalized spacial score (nSPS) is 10.7. The molecule has 2 rings (SSSR count). The number of rotatable bonds is 3. The van der Waals surface area contributed by atoms with Gasteiger partial charge >= 0.3 is 0 Å². The molecule has 0 saturated heterocycles. The summed E-state index contributed by atoms with van der Waals surface area (Å²) in [4.78, 5) is 11.7. The predicted octanol–water partition coefficient (Wildman–Crippen LogP) is 0.338. The molecule has 0 aliphatic carbocycles. The summed E-state index contributed by atoms with van der Waals surface area (Å²) in [7, 11) is 0. The van der Waals surface area contributed by atoms with Crippen LogP contribution in [0.4, 0.5) is 11.6 Å². The van der Waals surface area contributed by atoms with Crippen LogP contribution >= 0.6 is 0 Å². The van der Waals surface area contributed by atoms with Crippen LogP contribution in [0.2, 0.25) is 0 Å². The summed E-state index contributed by atoms with van der Waals surface area (Å²) in [5, 5.41) is 9.84. The van der Waals surface area contributed by atoms with Crippen LogP contribution in [0.25, 0.3) is 0 Å². The van der Waals surface area contributed by atoms with E-state index in [1.807, 2.05) is 30.3 Å². The molecule has 0 fully saturated rings. The van der Waals surface area contributed by atoms with Gasteiger partial charge in [-0.3, -0.25) is 9.89 Å². The van der Waals surface area contributed by atoms with Gasteiger partial charge in [-0.05, 0) is 5.56 Å². The Hall–Kier alpha value is -2.83. The number of nitrogens with two attached hydrogens (primary N) is 2. The van der Waals surface area contributed by atoms with E-state index in [4.69, 9.17) is 11.5 Å². The Labute approximate surface area is 103 Å². The molecule has 0 atom stereocenters. The third kappa shape index (κ3) is 2.46. The number of H-pyrrole nitrogens is 1. The van der Waals surface area contributed by atoms with Gasteiger partial charge in [0.05, 0.1) is 6.21 Å². The zero-order valence-electron chi connectivity index (χ0n) is 9.42. The lowest BCUT2D eigenvalue weighted by atomic mass is 10.2.